The van der Waals surface area contributed by atoms with E-state index in [-0.39, 0.29) is 22.7 Å². The molecule has 3 rings (SSSR count). The fourth-order valence-corrected chi connectivity index (χ4v) is 3.05. The Labute approximate surface area is 163 Å². The Morgan fingerprint density at radius 1 is 1.43 bits per heavy atom. The molecule has 0 saturated carbocycles. The first-order valence-corrected chi connectivity index (χ1v) is 8.39. The number of esters is 1. The highest BCUT2D eigenvalue weighted by molar-refractivity contribution is 6.31. The molecule has 2 aliphatic rings. The molecule has 0 radical (unpaired) electrons. The second-order valence-electron chi connectivity index (χ2n) is 5.99. The topological polar surface area (TPSA) is 80.8 Å². The van der Waals surface area contributed by atoms with E-state index in [1.807, 2.05) is 0 Å². The minimum atomic E-state index is -4.43. The number of carbonyl (C=O) groups is 1. The Morgan fingerprint density at radius 2 is 2.18 bits per heavy atom. The van der Waals surface area contributed by atoms with Crippen LogP contribution in [0.5, 0.6) is 0 Å². The van der Waals surface area contributed by atoms with E-state index >= 15 is 0 Å². The molecular weight excluding hydrogens is 397 g/mol. The molecule has 28 heavy (non-hydrogen) atoms. The van der Waals surface area contributed by atoms with Crippen molar-refractivity contribution >= 4 is 29.0 Å². The quantitative estimate of drug-likeness (QED) is 0.599. The Kier molecular flexibility index (Phi) is 5.34. The first-order valence-electron chi connectivity index (χ1n) is 8.02. The highest BCUT2D eigenvalue weighted by Gasteiger charge is 2.41. The molecule has 10 heteroatoms. The number of hydrogen-bond acceptors (Lipinski definition) is 6. The van der Waals surface area contributed by atoms with E-state index in [9.17, 15) is 18.0 Å². The number of nitrogens with two attached hydrogens (primary N) is 1. The molecule has 6 nitrogen and oxygen atoms in total. The molecule has 2 heterocycles. The predicted octanol–water partition coefficient (Wildman–Crippen LogP) is 2.71. The van der Waals surface area contributed by atoms with E-state index in [0.29, 0.717) is 5.03 Å². The van der Waals surface area contributed by atoms with Gasteiger partial charge in [0.1, 0.15) is 18.0 Å². The van der Waals surface area contributed by atoms with Gasteiger partial charge in [-0.25, -0.2) is 9.78 Å². The smallest absolute Gasteiger partial charge is 0.407 e. The molecule has 0 amide bonds. The third-order valence-electron chi connectivity index (χ3n) is 4.10. The molecule has 0 spiro atoms. The van der Waals surface area contributed by atoms with Gasteiger partial charge in [0, 0.05) is 11.2 Å². The maximum Gasteiger partial charge on any atom is 0.407 e. The van der Waals surface area contributed by atoms with E-state index in [2.05, 4.69) is 26.7 Å². The maximum absolute atomic E-state index is 12.9. The predicted molar refractivity (Wildman–Crippen MR) is 97.4 cm³/mol. The molecule has 0 aromatic carbocycles. The second-order valence-corrected chi connectivity index (χ2v) is 6.42. The molecule has 1 aromatic heterocycles. The summed E-state index contributed by atoms with van der Waals surface area (Å²) in [5.74, 6) is 4.28. The summed E-state index contributed by atoms with van der Waals surface area (Å²) >= 11 is 5.93. The zero-order valence-corrected chi connectivity index (χ0v) is 15.3. The van der Waals surface area contributed by atoms with Crippen LogP contribution in [0.1, 0.15) is 16.1 Å². The van der Waals surface area contributed by atoms with E-state index < -0.39 is 30.7 Å². The van der Waals surface area contributed by atoms with Crippen LogP contribution in [0.15, 0.2) is 40.6 Å². The van der Waals surface area contributed by atoms with Crippen LogP contribution in [0.2, 0.25) is 0 Å². The third kappa shape index (κ3) is 4.12. The molecule has 0 fully saturated rings. The van der Waals surface area contributed by atoms with Gasteiger partial charge in [-0.15, -0.1) is 0 Å². The maximum atomic E-state index is 12.9. The van der Waals surface area contributed by atoms with Gasteiger partial charge >= 0.3 is 12.1 Å². The van der Waals surface area contributed by atoms with E-state index in [1.165, 1.54) is 25.4 Å². The number of carbonyl (C=O) groups excluding carboxylic acids is 1. The number of alkyl halides is 3. The van der Waals surface area contributed by atoms with Crippen LogP contribution in [0.3, 0.4) is 0 Å². The van der Waals surface area contributed by atoms with Crippen molar-refractivity contribution in [3.63, 3.8) is 0 Å². The number of halogens is 4. The van der Waals surface area contributed by atoms with Crippen LogP contribution in [0.4, 0.5) is 18.9 Å². The molecule has 1 aliphatic carbocycles. The summed E-state index contributed by atoms with van der Waals surface area (Å²) in [6, 6.07) is 0.701. The van der Waals surface area contributed by atoms with Crippen molar-refractivity contribution in [1.29, 1.82) is 0 Å². The molecular formula is C18H14ClF3N4O2. The summed E-state index contributed by atoms with van der Waals surface area (Å²) in [5, 5.41) is 5.25. The monoisotopic (exact) mass is 410 g/mol. The molecule has 0 saturated heterocycles. The number of fused-ring (bicyclic) bond motifs is 1. The van der Waals surface area contributed by atoms with Gasteiger partial charge in [0.15, 0.2) is 0 Å². The zero-order valence-electron chi connectivity index (χ0n) is 14.5. The standard InChI is InChI=1S/C18H14ClF3N4O2/c1-28-17(27)12-6-7-24-14(16(12)23)5-4-13-11-3-2-10(19)8-15(11)26(25-13)9-18(20,21)22/h2-3,6-8,11,15H,9,23H2,1H3. The lowest BCUT2D eigenvalue weighted by atomic mass is 9.91. The van der Waals surface area contributed by atoms with Crippen LogP contribution in [0.25, 0.3) is 0 Å². The first-order chi connectivity index (χ1) is 13.2. The Balaban J connectivity index is 1.94. The van der Waals surface area contributed by atoms with Gasteiger partial charge in [0.05, 0.1) is 30.3 Å². The van der Waals surface area contributed by atoms with Gasteiger partial charge < -0.3 is 10.5 Å². The average Bonchev–Trinajstić information content (AvgIpc) is 2.95. The van der Waals surface area contributed by atoms with Crippen LogP contribution < -0.4 is 5.73 Å². The number of allylic oxidation sites excluding steroid dienone is 2. The number of methoxy groups -OCH3 is 1. The molecule has 1 aliphatic heterocycles. The molecule has 146 valence electrons. The number of aromatic nitrogens is 1. The minimum absolute atomic E-state index is 0.0197. The molecule has 1 aromatic rings. The molecule has 2 atom stereocenters. The summed E-state index contributed by atoms with van der Waals surface area (Å²) in [6.07, 6.45) is 1.64. The number of anilines is 1. The van der Waals surface area contributed by atoms with Gasteiger partial charge in [-0.3, -0.25) is 5.01 Å². The number of nitrogen functional groups attached to an aromatic ring is 1. The first kappa shape index (κ1) is 19.8. The zero-order chi connectivity index (χ0) is 20.5. The van der Waals surface area contributed by atoms with Crippen LogP contribution in [-0.2, 0) is 4.74 Å². The summed E-state index contributed by atoms with van der Waals surface area (Å²) in [5.41, 5.74) is 6.34. The average molecular weight is 411 g/mol. The number of ether oxygens (including phenoxy) is 1. The fourth-order valence-electron chi connectivity index (χ4n) is 2.84. The van der Waals surface area contributed by atoms with Crippen molar-refractivity contribution in [3.8, 4) is 11.8 Å². The van der Waals surface area contributed by atoms with Crippen LogP contribution >= 0.6 is 11.6 Å². The molecule has 2 unspecified atom stereocenters. The number of nitrogens with zero attached hydrogens (tertiary/aromatic N) is 3. The van der Waals surface area contributed by atoms with Gasteiger partial charge in [-0.1, -0.05) is 17.7 Å². The molecule has 0 bridgehead atoms. The van der Waals surface area contributed by atoms with Gasteiger partial charge in [-0.2, -0.15) is 18.3 Å². The Hall–Kier alpha value is -2.99. The van der Waals surface area contributed by atoms with Gasteiger partial charge in [0.2, 0.25) is 0 Å². The van der Waals surface area contributed by atoms with Crippen molar-refractivity contribution < 1.29 is 22.7 Å². The van der Waals surface area contributed by atoms with Crippen molar-refractivity contribution in [3.05, 3.63) is 46.8 Å². The highest BCUT2D eigenvalue weighted by atomic mass is 35.5. The second kappa shape index (κ2) is 7.56. The van der Waals surface area contributed by atoms with E-state index in [1.54, 1.807) is 12.2 Å². The number of hydrogen-bond donors (Lipinski definition) is 1. The molecule has 2 N–H and O–H groups in total. The van der Waals surface area contributed by atoms with Gasteiger partial charge in [0.25, 0.3) is 0 Å². The lowest BCUT2D eigenvalue weighted by Gasteiger charge is -2.26. The van der Waals surface area contributed by atoms with E-state index in [0.717, 1.165) is 5.01 Å². The van der Waals surface area contributed by atoms with Gasteiger partial charge in [-0.05, 0) is 30.1 Å². The summed E-state index contributed by atoms with van der Waals surface area (Å²) in [6.45, 7) is -1.23. The minimum Gasteiger partial charge on any atom is -0.465 e. The van der Waals surface area contributed by atoms with E-state index in [4.69, 9.17) is 17.3 Å². The largest absolute Gasteiger partial charge is 0.465 e. The Morgan fingerprint density at radius 3 is 2.86 bits per heavy atom. The summed E-state index contributed by atoms with van der Waals surface area (Å²) in [7, 11) is 1.21. The number of pyridine rings is 1. The van der Waals surface area contributed by atoms with Crippen molar-refractivity contribution in [2.45, 2.75) is 12.2 Å². The van der Waals surface area contributed by atoms with Crippen molar-refractivity contribution in [1.82, 2.24) is 9.99 Å². The lowest BCUT2D eigenvalue weighted by Crippen LogP contribution is -2.38. The summed E-state index contributed by atoms with van der Waals surface area (Å²) < 4.78 is 43.2. The summed E-state index contributed by atoms with van der Waals surface area (Å²) in [4.78, 5) is 15.7. The normalized spacial score (nSPS) is 20.7. The van der Waals surface area contributed by atoms with Crippen LogP contribution in [0, 0.1) is 17.8 Å². The number of hydrazone groups is 1. The third-order valence-corrected chi connectivity index (χ3v) is 4.35. The fraction of sp³-hybridized carbons (Fsp3) is 0.278. The SMILES string of the molecule is COC(=O)c1ccnc(C#CC2=NN(CC(F)(F)F)C3C=C(Cl)C=CC23)c1N. The van der Waals surface area contributed by atoms with Crippen LogP contribution in [-0.4, -0.2) is 47.5 Å². The van der Waals surface area contributed by atoms with Crippen molar-refractivity contribution in [2.75, 3.05) is 19.4 Å². The number of rotatable bonds is 2. The van der Waals surface area contributed by atoms with Crippen molar-refractivity contribution in [2.24, 2.45) is 11.0 Å². The lowest BCUT2D eigenvalue weighted by molar-refractivity contribution is -0.148. The Bertz CT molecular complexity index is 960. The highest BCUT2D eigenvalue weighted by Crippen LogP contribution is 2.32.